The Balaban J connectivity index is 3.86. The van der Waals surface area contributed by atoms with Gasteiger partial charge < -0.3 is 5.73 Å². The smallest absolute Gasteiger partial charge is 0.0241 e. The number of halogens is 1. The van der Waals surface area contributed by atoms with Crippen molar-refractivity contribution in [3.8, 4) is 0 Å². The van der Waals surface area contributed by atoms with E-state index < -0.39 is 0 Å². The molecule has 0 aliphatic rings. The largest absolute Gasteiger partial charge is 0.399 e. The molecule has 0 aromatic heterocycles. The third kappa shape index (κ3) is 5.62. The van der Waals surface area contributed by atoms with Crippen LogP contribution >= 0.6 is 22.6 Å². The van der Waals surface area contributed by atoms with Crippen LogP contribution < -0.4 is 5.73 Å². The Morgan fingerprint density at radius 2 is 2.11 bits per heavy atom. The SMILES string of the molecule is C=C(N)/C=C\C(I)=C/C. The van der Waals surface area contributed by atoms with Gasteiger partial charge in [0, 0.05) is 9.28 Å². The van der Waals surface area contributed by atoms with Crippen molar-refractivity contribution in [2.75, 3.05) is 0 Å². The van der Waals surface area contributed by atoms with Gasteiger partial charge in [-0.25, -0.2) is 0 Å². The standard InChI is InChI=1S/C7H10IN/c1-3-7(8)5-4-6(2)9/h3-5H,2,9H2,1H3/b5-4-,7-3+. The maximum absolute atomic E-state index is 5.28. The third-order valence-electron chi connectivity index (χ3n) is 0.732. The predicted molar refractivity (Wildman–Crippen MR) is 50.2 cm³/mol. The summed E-state index contributed by atoms with van der Waals surface area (Å²) in [6, 6.07) is 0. The van der Waals surface area contributed by atoms with Gasteiger partial charge in [0.1, 0.15) is 0 Å². The van der Waals surface area contributed by atoms with E-state index in [0.29, 0.717) is 5.70 Å². The van der Waals surface area contributed by atoms with Crippen molar-refractivity contribution in [2.45, 2.75) is 6.92 Å². The quantitative estimate of drug-likeness (QED) is 0.577. The summed E-state index contributed by atoms with van der Waals surface area (Å²) in [6.45, 7) is 5.50. The molecule has 0 aliphatic heterocycles. The molecular formula is C7H10IN. The topological polar surface area (TPSA) is 26.0 Å². The fourth-order valence-corrected chi connectivity index (χ4v) is 0.463. The summed E-state index contributed by atoms with van der Waals surface area (Å²) >= 11 is 2.22. The highest BCUT2D eigenvalue weighted by atomic mass is 127. The van der Waals surface area contributed by atoms with Gasteiger partial charge in [-0.05, 0) is 41.7 Å². The van der Waals surface area contributed by atoms with Gasteiger partial charge in [0.25, 0.3) is 0 Å². The molecule has 0 saturated heterocycles. The zero-order valence-electron chi connectivity index (χ0n) is 5.39. The first-order valence-corrected chi connectivity index (χ1v) is 3.69. The average Bonchev–Trinajstić information content (AvgIpc) is 1.83. The molecule has 1 nitrogen and oxygen atoms in total. The molecular weight excluding hydrogens is 225 g/mol. The van der Waals surface area contributed by atoms with E-state index in [-0.39, 0.29) is 0 Å². The minimum atomic E-state index is 0.589. The molecule has 0 bridgehead atoms. The maximum atomic E-state index is 5.28. The minimum Gasteiger partial charge on any atom is -0.399 e. The van der Waals surface area contributed by atoms with Crippen LogP contribution in [0.3, 0.4) is 0 Å². The van der Waals surface area contributed by atoms with Crippen molar-refractivity contribution in [3.63, 3.8) is 0 Å². The lowest BCUT2D eigenvalue weighted by Crippen LogP contribution is -1.87. The first-order valence-electron chi connectivity index (χ1n) is 2.61. The summed E-state index contributed by atoms with van der Waals surface area (Å²) in [6.07, 6.45) is 5.70. The van der Waals surface area contributed by atoms with Crippen LogP contribution in [0.1, 0.15) is 6.92 Å². The van der Waals surface area contributed by atoms with E-state index in [9.17, 15) is 0 Å². The molecule has 0 aromatic carbocycles. The molecule has 0 atom stereocenters. The average molecular weight is 235 g/mol. The van der Waals surface area contributed by atoms with Crippen molar-refractivity contribution in [1.82, 2.24) is 0 Å². The summed E-state index contributed by atoms with van der Waals surface area (Å²) < 4.78 is 1.17. The Kier molecular flexibility index (Phi) is 4.48. The van der Waals surface area contributed by atoms with Gasteiger partial charge in [0.2, 0.25) is 0 Å². The van der Waals surface area contributed by atoms with Gasteiger partial charge in [-0.1, -0.05) is 12.7 Å². The molecule has 2 heteroatoms. The highest BCUT2D eigenvalue weighted by Gasteiger charge is 1.78. The highest BCUT2D eigenvalue weighted by Crippen LogP contribution is 2.06. The number of nitrogens with two attached hydrogens (primary N) is 1. The molecule has 0 rings (SSSR count). The lowest BCUT2D eigenvalue weighted by Gasteiger charge is -1.85. The van der Waals surface area contributed by atoms with Gasteiger partial charge in [-0.15, -0.1) is 0 Å². The second-order valence-electron chi connectivity index (χ2n) is 1.58. The first-order chi connectivity index (χ1) is 4.16. The highest BCUT2D eigenvalue weighted by molar-refractivity contribution is 14.1. The Morgan fingerprint density at radius 1 is 1.56 bits per heavy atom. The van der Waals surface area contributed by atoms with E-state index in [1.54, 1.807) is 6.08 Å². The van der Waals surface area contributed by atoms with Crippen LogP contribution in [-0.2, 0) is 0 Å². The molecule has 0 aliphatic carbocycles. The van der Waals surface area contributed by atoms with Crippen LogP contribution in [0.15, 0.2) is 34.1 Å². The van der Waals surface area contributed by atoms with Crippen LogP contribution in [0, 0.1) is 0 Å². The number of allylic oxidation sites excluding steroid dienone is 4. The van der Waals surface area contributed by atoms with Gasteiger partial charge in [0.05, 0.1) is 0 Å². The van der Waals surface area contributed by atoms with E-state index in [4.69, 9.17) is 5.73 Å². The Bertz CT molecular complexity index is 156. The number of hydrogen-bond acceptors (Lipinski definition) is 1. The Hall–Kier alpha value is -0.250. The van der Waals surface area contributed by atoms with Gasteiger partial charge in [0.15, 0.2) is 0 Å². The molecule has 0 heterocycles. The number of rotatable bonds is 2. The summed E-state index contributed by atoms with van der Waals surface area (Å²) in [5.41, 5.74) is 5.87. The molecule has 0 aromatic rings. The minimum absolute atomic E-state index is 0.589. The molecule has 0 radical (unpaired) electrons. The second-order valence-corrected chi connectivity index (χ2v) is 2.83. The summed E-state index contributed by atoms with van der Waals surface area (Å²) in [4.78, 5) is 0. The van der Waals surface area contributed by atoms with Crippen LogP contribution in [0.4, 0.5) is 0 Å². The normalized spacial score (nSPS) is 12.4. The van der Waals surface area contributed by atoms with Crippen molar-refractivity contribution in [3.05, 3.63) is 34.1 Å². The molecule has 0 fully saturated rings. The number of hydrogen-bond donors (Lipinski definition) is 1. The lowest BCUT2D eigenvalue weighted by molar-refractivity contribution is 1.45. The second kappa shape index (κ2) is 4.61. The summed E-state index contributed by atoms with van der Waals surface area (Å²) in [5, 5.41) is 0. The lowest BCUT2D eigenvalue weighted by atomic mass is 10.4. The fraction of sp³-hybridized carbons (Fsp3) is 0.143. The molecule has 0 unspecified atom stereocenters. The zero-order chi connectivity index (χ0) is 7.28. The van der Waals surface area contributed by atoms with Gasteiger partial charge in [-0.3, -0.25) is 0 Å². The molecule has 0 saturated carbocycles. The molecule has 50 valence electrons. The van der Waals surface area contributed by atoms with E-state index >= 15 is 0 Å². The molecule has 0 amide bonds. The monoisotopic (exact) mass is 235 g/mol. The van der Waals surface area contributed by atoms with Gasteiger partial charge >= 0.3 is 0 Å². The van der Waals surface area contributed by atoms with Crippen LogP contribution in [0.2, 0.25) is 0 Å². The first kappa shape index (κ1) is 8.75. The van der Waals surface area contributed by atoms with Gasteiger partial charge in [-0.2, -0.15) is 0 Å². The Labute approximate surface area is 69.5 Å². The maximum Gasteiger partial charge on any atom is 0.0241 e. The van der Waals surface area contributed by atoms with Crippen molar-refractivity contribution < 1.29 is 0 Å². The third-order valence-corrected chi connectivity index (χ3v) is 1.71. The van der Waals surface area contributed by atoms with Crippen LogP contribution in [0.25, 0.3) is 0 Å². The van der Waals surface area contributed by atoms with E-state index in [1.807, 2.05) is 19.1 Å². The Morgan fingerprint density at radius 3 is 2.44 bits per heavy atom. The van der Waals surface area contributed by atoms with Crippen LogP contribution in [0.5, 0.6) is 0 Å². The van der Waals surface area contributed by atoms with Crippen molar-refractivity contribution >= 4 is 22.6 Å². The van der Waals surface area contributed by atoms with E-state index in [0.717, 1.165) is 0 Å². The van der Waals surface area contributed by atoms with E-state index in [1.165, 1.54) is 3.58 Å². The van der Waals surface area contributed by atoms with Crippen LogP contribution in [-0.4, -0.2) is 0 Å². The van der Waals surface area contributed by atoms with Crippen molar-refractivity contribution in [2.24, 2.45) is 5.73 Å². The molecule has 9 heavy (non-hydrogen) atoms. The summed E-state index contributed by atoms with van der Waals surface area (Å²) in [7, 11) is 0. The molecule has 2 N–H and O–H groups in total. The van der Waals surface area contributed by atoms with E-state index in [2.05, 4.69) is 29.2 Å². The predicted octanol–water partition coefficient (Wildman–Crippen LogP) is 2.35. The zero-order valence-corrected chi connectivity index (χ0v) is 7.55. The summed E-state index contributed by atoms with van der Waals surface area (Å²) in [5.74, 6) is 0. The fourth-order valence-electron chi connectivity index (χ4n) is 0.283. The molecule has 0 spiro atoms. The van der Waals surface area contributed by atoms with Crippen molar-refractivity contribution in [1.29, 1.82) is 0 Å².